The predicted octanol–water partition coefficient (Wildman–Crippen LogP) is 10.6. The highest BCUT2D eigenvalue weighted by Gasteiger charge is 2.19. The third-order valence-electron chi connectivity index (χ3n) is 8.10. The highest BCUT2D eigenvalue weighted by atomic mass is 16.3. The lowest BCUT2D eigenvalue weighted by atomic mass is 10.0. The van der Waals surface area contributed by atoms with Crippen molar-refractivity contribution in [3.8, 4) is 11.1 Å². The minimum Gasteiger partial charge on any atom is -0.454 e. The van der Waals surface area contributed by atoms with Crippen LogP contribution in [-0.2, 0) is 0 Å². The number of rotatable bonds is 4. The van der Waals surface area contributed by atoms with Crippen LogP contribution < -0.4 is 4.90 Å². The molecule has 0 saturated heterocycles. The maximum Gasteiger partial charge on any atom is 0.155 e. The van der Waals surface area contributed by atoms with Crippen LogP contribution in [0, 0.1) is 0 Å². The predicted molar refractivity (Wildman–Crippen MR) is 174 cm³/mol. The van der Waals surface area contributed by atoms with Crippen LogP contribution in [0.15, 0.2) is 148 Å². The molecule has 5 nitrogen and oxygen atoms in total. The molecular weight excluding hydrogens is 530 g/mol. The van der Waals surface area contributed by atoms with Crippen molar-refractivity contribution in [3.63, 3.8) is 0 Å². The summed E-state index contributed by atoms with van der Waals surface area (Å²) >= 11 is 0. The molecule has 4 heterocycles. The van der Waals surface area contributed by atoms with Gasteiger partial charge in [-0.25, -0.2) is 9.97 Å². The molecule has 0 aliphatic carbocycles. The molecule has 0 atom stereocenters. The lowest BCUT2D eigenvalue weighted by molar-refractivity contribution is 0.667. The van der Waals surface area contributed by atoms with Crippen molar-refractivity contribution in [1.29, 1.82) is 0 Å². The first-order valence-electron chi connectivity index (χ1n) is 14.2. The van der Waals surface area contributed by atoms with Gasteiger partial charge in [-0.05, 0) is 76.5 Å². The Kier molecular flexibility index (Phi) is 5.13. The van der Waals surface area contributed by atoms with Crippen LogP contribution in [-0.4, -0.2) is 9.97 Å². The zero-order valence-corrected chi connectivity index (χ0v) is 22.9. The van der Waals surface area contributed by atoms with Gasteiger partial charge in [0, 0.05) is 22.5 Å². The standard InChI is InChI=1S/C38H23N3O2/c1-2-8-26-21-27(14-13-24(26)7-1)25-15-17-28(18-16-25)41(29-22-35-37(39-23-29)30-9-3-5-11-32(30)43-35)36-20-19-34-38(40-36)31-10-4-6-12-33(31)42-34/h1-23H. The van der Waals surface area contributed by atoms with E-state index >= 15 is 0 Å². The third kappa shape index (κ3) is 3.86. The van der Waals surface area contributed by atoms with Crippen LogP contribution in [0.4, 0.5) is 17.2 Å². The second-order valence-electron chi connectivity index (χ2n) is 10.7. The molecule has 0 unspecified atom stereocenters. The molecule has 0 bridgehead atoms. The number of hydrogen-bond donors (Lipinski definition) is 0. The number of fused-ring (bicyclic) bond motifs is 7. The maximum atomic E-state index is 6.22. The Bertz CT molecular complexity index is 2470. The first-order valence-corrected chi connectivity index (χ1v) is 14.2. The van der Waals surface area contributed by atoms with Crippen LogP contribution in [0.25, 0.3) is 66.0 Å². The maximum absolute atomic E-state index is 6.22. The fourth-order valence-electron chi connectivity index (χ4n) is 6.00. The molecule has 0 spiro atoms. The summed E-state index contributed by atoms with van der Waals surface area (Å²) in [5.41, 5.74) is 8.91. The molecule has 0 radical (unpaired) electrons. The highest BCUT2D eigenvalue weighted by molar-refractivity contribution is 6.04. The monoisotopic (exact) mass is 553 g/mol. The van der Waals surface area contributed by atoms with Crippen LogP contribution in [0.5, 0.6) is 0 Å². The van der Waals surface area contributed by atoms with Gasteiger partial charge in [0.05, 0.1) is 11.9 Å². The summed E-state index contributed by atoms with van der Waals surface area (Å²) in [6, 6.07) is 45.6. The molecule has 9 aromatic rings. The second kappa shape index (κ2) is 9.29. The Morgan fingerprint density at radius 3 is 1.95 bits per heavy atom. The fraction of sp³-hybridized carbons (Fsp3) is 0. The van der Waals surface area contributed by atoms with E-state index in [1.807, 2.05) is 72.9 Å². The van der Waals surface area contributed by atoms with E-state index in [-0.39, 0.29) is 0 Å². The first kappa shape index (κ1) is 23.7. The molecule has 0 fully saturated rings. The smallest absolute Gasteiger partial charge is 0.155 e. The molecule has 5 heteroatoms. The summed E-state index contributed by atoms with van der Waals surface area (Å²) in [6.07, 6.45) is 1.89. The van der Waals surface area contributed by atoms with Gasteiger partial charge < -0.3 is 8.83 Å². The number of aromatic nitrogens is 2. The van der Waals surface area contributed by atoms with Crippen molar-refractivity contribution in [2.45, 2.75) is 0 Å². The van der Waals surface area contributed by atoms with Crippen molar-refractivity contribution in [2.75, 3.05) is 4.90 Å². The lowest BCUT2D eigenvalue weighted by Gasteiger charge is -2.24. The number of hydrogen-bond acceptors (Lipinski definition) is 5. The topological polar surface area (TPSA) is 55.3 Å². The van der Waals surface area contributed by atoms with E-state index in [1.165, 1.54) is 16.3 Å². The quantitative estimate of drug-likeness (QED) is 0.217. The molecule has 0 saturated carbocycles. The van der Waals surface area contributed by atoms with Crippen LogP contribution >= 0.6 is 0 Å². The van der Waals surface area contributed by atoms with E-state index < -0.39 is 0 Å². The molecule has 43 heavy (non-hydrogen) atoms. The average Bonchev–Trinajstić information content (AvgIpc) is 3.63. The summed E-state index contributed by atoms with van der Waals surface area (Å²) in [5, 5.41) is 4.44. The minimum absolute atomic E-state index is 0.728. The zero-order valence-electron chi connectivity index (χ0n) is 22.9. The fourth-order valence-corrected chi connectivity index (χ4v) is 6.00. The molecular formula is C38H23N3O2. The van der Waals surface area contributed by atoms with Gasteiger partial charge in [-0.2, -0.15) is 0 Å². The highest BCUT2D eigenvalue weighted by Crippen LogP contribution is 2.39. The van der Waals surface area contributed by atoms with E-state index in [4.69, 9.17) is 18.8 Å². The molecule has 202 valence electrons. The van der Waals surface area contributed by atoms with Gasteiger partial charge in [0.1, 0.15) is 28.0 Å². The summed E-state index contributed by atoms with van der Waals surface area (Å²) in [7, 11) is 0. The van der Waals surface area contributed by atoms with E-state index in [0.717, 1.165) is 66.9 Å². The van der Waals surface area contributed by atoms with Crippen molar-refractivity contribution < 1.29 is 8.83 Å². The zero-order chi connectivity index (χ0) is 28.3. The van der Waals surface area contributed by atoms with Crippen molar-refractivity contribution in [3.05, 3.63) is 140 Å². The van der Waals surface area contributed by atoms with E-state index in [1.54, 1.807) is 0 Å². The summed E-state index contributed by atoms with van der Waals surface area (Å²) in [5.74, 6) is 0.759. The van der Waals surface area contributed by atoms with Gasteiger partial charge in [-0.1, -0.05) is 72.8 Å². The third-order valence-corrected chi connectivity index (χ3v) is 8.10. The second-order valence-corrected chi connectivity index (χ2v) is 10.7. The SMILES string of the molecule is c1ccc2cc(-c3ccc(N(c4cnc5c(c4)oc4ccccc45)c4ccc5oc6ccccc6c5n4)cc3)ccc2c1. The summed E-state index contributed by atoms with van der Waals surface area (Å²) < 4.78 is 12.3. The van der Waals surface area contributed by atoms with Crippen LogP contribution in [0.1, 0.15) is 0 Å². The Hall–Kier alpha value is -5.94. The van der Waals surface area contributed by atoms with Gasteiger partial charge in [0.25, 0.3) is 0 Å². The van der Waals surface area contributed by atoms with Gasteiger partial charge in [-0.3, -0.25) is 4.90 Å². The number of pyridine rings is 2. The molecule has 0 amide bonds. The van der Waals surface area contributed by atoms with Gasteiger partial charge in [0.2, 0.25) is 0 Å². The molecule has 0 aliphatic heterocycles. The van der Waals surface area contributed by atoms with Gasteiger partial charge in [-0.15, -0.1) is 0 Å². The molecule has 5 aromatic carbocycles. The number of para-hydroxylation sites is 2. The Morgan fingerprint density at radius 1 is 0.465 bits per heavy atom. The van der Waals surface area contributed by atoms with E-state index in [0.29, 0.717) is 0 Å². The van der Waals surface area contributed by atoms with Crippen molar-refractivity contribution >= 4 is 72.1 Å². The van der Waals surface area contributed by atoms with Crippen LogP contribution in [0.3, 0.4) is 0 Å². The summed E-state index contributed by atoms with van der Waals surface area (Å²) in [4.78, 5) is 12.1. The Morgan fingerprint density at radius 2 is 1.14 bits per heavy atom. The van der Waals surface area contributed by atoms with E-state index in [9.17, 15) is 0 Å². The largest absolute Gasteiger partial charge is 0.454 e. The average molecular weight is 554 g/mol. The van der Waals surface area contributed by atoms with Crippen molar-refractivity contribution in [2.24, 2.45) is 0 Å². The van der Waals surface area contributed by atoms with Crippen molar-refractivity contribution in [1.82, 2.24) is 9.97 Å². The molecule has 0 N–H and O–H groups in total. The Labute approximate surface area is 246 Å². The van der Waals surface area contributed by atoms with Crippen LogP contribution in [0.2, 0.25) is 0 Å². The van der Waals surface area contributed by atoms with Gasteiger partial charge >= 0.3 is 0 Å². The lowest BCUT2D eigenvalue weighted by Crippen LogP contribution is -2.11. The molecule has 4 aromatic heterocycles. The molecule has 0 aliphatic rings. The molecule has 9 rings (SSSR count). The van der Waals surface area contributed by atoms with Gasteiger partial charge in [0.15, 0.2) is 11.2 Å². The summed E-state index contributed by atoms with van der Waals surface area (Å²) in [6.45, 7) is 0. The number of nitrogens with zero attached hydrogens (tertiary/aromatic N) is 3. The number of benzene rings is 5. The number of furan rings is 2. The van der Waals surface area contributed by atoms with E-state index in [2.05, 4.69) is 71.6 Å². The minimum atomic E-state index is 0.728. The first-order chi connectivity index (χ1) is 21.3. The number of anilines is 3. The normalized spacial score (nSPS) is 11.7. The Balaban J connectivity index is 1.21.